The van der Waals surface area contributed by atoms with Crippen molar-refractivity contribution in [3.63, 3.8) is 0 Å². The molecule has 0 fully saturated rings. The van der Waals surface area contributed by atoms with E-state index in [0.29, 0.717) is 16.9 Å². The van der Waals surface area contributed by atoms with Gasteiger partial charge in [0, 0.05) is 22.9 Å². The van der Waals surface area contributed by atoms with Crippen LogP contribution in [0.15, 0.2) is 70.6 Å². The molecule has 0 saturated heterocycles. The summed E-state index contributed by atoms with van der Waals surface area (Å²) in [4.78, 5) is 23.0. The van der Waals surface area contributed by atoms with Gasteiger partial charge in [-0.05, 0) is 23.8 Å². The minimum atomic E-state index is -1.16. The monoisotopic (exact) mass is 379 g/mol. The predicted octanol–water partition coefficient (Wildman–Crippen LogP) is 2.14. The number of rotatable bonds is 5. The molecule has 0 saturated carbocycles. The van der Waals surface area contributed by atoms with Gasteiger partial charge < -0.3 is 16.0 Å². The van der Waals surface area contributed by atoms with E-state index in [1.54, 1.807) is 54.6 Å². The normalized spacial score (nSPS) is 11.2. The van der Waals surface area contributed by atoms with Gasteiger partial charge in [0.25, 0.3) is 5.56 Å². The van der Waals surface area contributed by atoms with Crippen LogP contribution in [0.1, 0.15) is 11.1 Å². The lowest BCUT2D eigenvalue weighted by Gasteiger charge is -2.09. The van der Waals surface area contributed by atoms with Crippen LogP contribution < -0.4 is 16.6 Å². The summed E-state index contributed by atoms with van der Waals surface area (Å²) in [6.07, 6.45) is -1.16. The molecule has 0 radical (unpaired) electrons. The van der Waals surface area contributed by atoms with Crippen molar-refractivity contribution < 1.29 is 15.1 Å². The van der Waals surface area contributed by atoms with Crippen molar-refractivity contribution in [2.75, 3.05) is 5.32 Å². The van der Waals surface area contributed by atoms with E-state index >= 15 is 0 Å². The molecule has 9 nitrogen and oxygen atoms in total. The summed E-state index contributed by atoms with van der Waals surface area (Å²) in [5.74, 6) is -0.000619. The SMILES string of the molecule is N/C(=N\O)c1ccc(-c2ccc(=O)n(Cc3cccc(NC(=O)O)c3)n2)cc1. The summed E-state index contributed by atoms with van der Waals surface area (Å²) in [7, 11) is 0. The Bertz CT molecular complexity index is 1090. The zero-order chi connectivity index (χ0) is 20.1. The highest BCUT2D eigenvalue weighted by molar-refractivity contribution is 5.97. The Kier molecular flexibility index (Phi) is 5.35. The molecular formula is C19H17N5O4. The van der Waals surface area contributed by atoms with Crippen LogP contribution in [0.2, 0.25) is 0 Å². The zero-order valence-electron chi connectivity index (χ0n) is 14.6. The molecule has 0 unspecified atom stereocenters. The summed E-state index contributed by atoms with van der Waals surface area (Å²) >= 11 is 0. The van der Waals surface area contributed by atoms with Crippen molar-refractivity contribution in [1.29, 1.82) is 0 Å². The Labute approximate surface area is 159 Å². The molecule has 2 aromatic carbocycles. The van der Waals surface area contributed by atoms with Crippen LogP contribution in [-0.4, -0.2) is 32.0 Å². The number of nitrogens with two attached hydrogens (primary N) is 1. The lowest BCUT2D eigenvalue weighted by atomic mass is 10.1. The van der Waals surface area contributed by atoms with Crippen molar-refractivity contribution >= 4 is 17.6 Å². The van der Waals surface area contributed by atoms with Crippen molar-refractivity contribution in [3.05, 3.63) is 82.1 Å². The van der Waals surface area contributed by atoms with Crippen molar-refractivity contribution in [2.45, 2.75) is 6.54 Å². The van der Waals surface area contributed by atoms with Gasteiger partial charge in [0.05, 0.1) is 12.2 Å². The summed E-state index contributed by atoms with van der Waals surface area (Å²) in [6.45, 7) is 0.185. The Hall–Kier alpha value is -4.14. The van der Waals surface area contributed by atoms with Gasteiger partial charge in [-0.3, -0.25) is 10.1 Å². The number of anilines is 1. The number of aromatic nitrogens is 2. The minimum absolute atomic E-state index is 0.000619. The van der Waals surface area contributed by atoms with Crippen LogP contribution >= 0.6 is 0 Å². The second-order valence-electron chi connectivity index (χ2n) is 5.91. The molecule has 1 amide bonds. The number of carbonyl (C=O) groups is 1. The molecule has 0 aliphatic rings. The maximum atomic E-state index is 12.2. The Morgan fingerprint density at radius 3 is 2.57 bits per heavy atom. The van der Waals surface area contributed by atoms with E-state index in [9.17, 15) is 9.59 Å². The first-order valence-corrected chi connectivity index (χ1v) is 8.21. The largest absolute Gasteiger partial charge is 0.465 e. The molecule has 0 atom stereocenters. The molecule has 3 rings (SSSR count). The van der Waals surface area contributed by atoms with Crippen LogP contribution in [0, 0.1) is 0 Å². The molecule has 1 heterocycles. The molecular weight excluding hydrogens is 362 g/mol. The number of benzene rings is 2. The Morgan fingerprint density at radius 1 is 1.14 bits per heavy atom. The average Bonchev–Trinajstić information content (AvgIpc) is 2.69. The number of amidine groups is 1. The van der Waals surface area contributed by atoms with Gasteiger partial charge in [0.2, 0.25) is 0 Å². The quantitative estimate of drug-likeness (QED) is 0.231. The second kappa shape index (κ2) is 8.04. The number of oxime groups is 1. The first kappa shape index (κ1) is 18.6. The van der Waals surface area contributed by atoms with Gasteiger partial charge in [0.15, 0.2) is 5.84 Å². The number of amides is 1. The van der Waals surface area contributed by atoms with E-state index in [1.807, 2.05) is 0 Å². The minimum Gasteiger partial charge on any atom is -0.465 e. The molecule has 9 heteroatoms. The van der Waals surface area contributed by atoms with Crippen molar-refractivity contribution in [2.24, 2.45) is 10.9 Å². The lowest BCUT2D eigenvalue weighted by molar-refractivity contribution is 0.209. The van der Waals surface area contributed by atoms with Gasteiger partial charge in [-0.2, -0.15) is 5.10 Å². The molecule has 0 aliphatic heterocycles. The molecule has 1 aromatic heterocycles. The molecule has 3 aromatic rings. The molecule has 28 heavy (non-hydrogen) atoms. The van der Waals surface area contributed by atoms with Gasteiger partial charge >= 0.3 is 6.09 Å². The van der Waals surface area contributed by atoms with Gasteiger partial charge in [0.1, 0.15) is 0 Å². The third kappa shape index (κ3) is 4.33. The van der Waals surface area contributed by atoms with Gasteiger partial charge in [-0.25, -0.2) is 9.48 Å². The molecule has 5 N–H and O–H groups in total. The highest BCUT2D eigenvalue weighted by atomic mass is 16.4. The summed E-state index contributed by atoms with van der Waals surface area (Å²) in [5.41, 5.74) is 8.29. The summed E-state index contributed by atoms with van der Waals surface area (Å²) < 4.78 is 1.30. The van der Waals surface area contributed by atoms with E-state index in [1.165, 1.54) is 10.7 Å². The smallest absolute Gasteiger partial charge is 0.409 e. The fourth-order valence-corrected chi connectivity index (χ4v) is 2.63. The van der Waals surface area contributed by atoms with Gasteiger partial charge in [-0.1, -0.05) is 41.6 Å². The van der Waals surface area contributed by atoms with Crippen molar-refractivity contribution in [1.82, 2.24) is 9.78 Å². The first-order chi connectivity index (χ1) is 13.5. The van der Waals surface area contributed by atoms with E-state index in [4.69, 9.17) is 16.0 Å². The number of hydrogen-bond donors (Lipinski definition) is 4. The predicted molar refractivity (Wildman–Crippen MR) is 104 cm³/mol. The number of hydrogen-bond acceptors (Lipinski definition) is 5. The maximum Gasteiger partial charge on any atom is 0.409 e. The molecule has 0 spiro atoms. The van der Waals surface area contributed by atoms with Crippen LogP contribution in [0.5, 0.6) is 0 Å². The number of nitrogens with zero attached hydrogens (tertiary/aromatic N) is 3. The fourth-order valence-electron chi connectivity index (χ4n) is 2.63. The van der Waals surface area contributed by atoms with Gasteiger partial charge in [-0.15, -0.1) is 0 Å². The lowest BCUT2D eigenvalue weighted by Crippen LogP contribution is -2.23. The van der Waals surface area contributed by atoms with Crippen molar-refractivity contribution in [3.8, 4) is 11.3 Å². The van der Waals surface area contributed by atoms with Crippen LogP contribution in [0.3, 0.4) is 0 Å². The summed E-state index contributed by atoms with van der Waals surface area (Å²) in [5, 5.41) is 27.1. The van der Waals surface area contributed by atoms with E-state index in [0.717, 1.165) is 11.1 Å². The molecule has 0 bridgehead atoms. The number of carboxylic acid groups (broad SMARTS) is 1. The highest BCUT2D eigenvalue weighted by Crippen LogP contribution is 2.17. The van der Waals surface area contributed by atoms with E-state index < -0.39 is 6.09 Å². The van der Waals surface area contributed by atoms with Crippen LogP contribution in [-0.2, 0) is 6.54 Å². The number of nitrogens with one attached hydrogen (secondary N) is 1. The molecule has 142 valence electrons. The van der Waals surface area contributed by atoms with E-state index in [-0.39, 0.29) is 17.9 Å². The maximum absolute atomic E-state index is 12.2. The standard InChI is InChI=1S/C19H17N5O4/c20-18(23-28)14-6-4-13(5-7-14)16-8-9-17(25)24(22-16)11-12-2-1-3-15(10-12)21-19(26)27/h1-10,21,28H,11H2,(H2,20,23)(H,26,27). The summed E-state index contributed by atoms with van der Waals surface area (Å²) in [6, 6.07) is 16.6. The van der Waals surface area contributed by atoms with Crippen LogP contribution in [0.4, 0.5) is 10.5 Å². The first-order valence-electron chi connectivity index (χ1n) is 8.21. The Morgan fingerprint density at radius 2 is 1.89 bits per heavy atom. The fraction of sp³-hybridized carbons (Fsp3) is 0.0526. The second-order valence-corrected chi connectivity index (χ2v) is 5.91. The third-order valence-corrected chi connectivity index (χ3v) is 3.96. The zero-order valence-corrected chi connectivity index (χ0v) is 14.6. The molecule has 0 aliphatic carbocycles. The van der Waals surface area contributed by atoms with Crippen LogP contribution in [0.25, 0.3) is 11.3 Å². The topological polar surface area (TPSA) is 143 Å². The average molecular weight is 379 g/mol. The van der Waals surface area contributed by atoms with E-state index in [2.05, 4.69) is 15.6 Å². The Balaban J connectivity index is 1.88. The highest BCUT2D eigenvalue weighted by Gasteiger charge is 2.07. The third-order valence-electron chi connectivity index (χ3n) is 3.96.